The number of nitrogens with one attached hydrogen (secondary N) is 3. The first-order valence-electron chi connectivity index (χ1n) is 6.47. The summed E-state index contributed by atoms with van der Waals surface area (Å²) in [6.45, 7) is 2.00. The Morgan fingerprint density at radius 2 is 1.76 bits per heavy atom. The van der Waals surface area contributed by atoms with Gasteiger partial charge in [-0.2, -0.15) is 0 Å². The van der Waals surface area contributed by atoms with Crippen LogP contribution in [0.1, 0.15) is 22.4 Å². The highest BCUT2D eigenvalue weighted by atomic mass is 32.1. The van der Waals surface area contributed by atoms with Crippen molar-refractivity contribution in [3.05, 3.63) is 40.3 Å². The SMILES string of the molecule is CCc1nc(C(=O)Nc2ccc(NC(=O)NC)cc2)cs1. The molecule has 3 N–H and O–H groups in total. The number of nitrogens with zero attached hydrogens (tertiary/aromatic N) is 1. The van der Waals surface area contributed by atoms with Crippen molar-refractivity contribution in [2.24, 2.45) is 0 Å². The van der Waals surface area contributed by atoms with Gasteiger partial charge in [0.2, 0.25) is 0 Å². The summed E-state index contributed by atoms with van der Waals surface area (Å²) in [5.74, 6) is -0.238. The van der Waals surface area contributed by atoms with Crippen LogP contribution in [0.15, 0.2) is 29.6 Å². The Kier molecular flexibility index (Phi) is 4.89. The van der Waals surface area contributed by atoms with Gasteiger partial charge in [-0.15, -0.1) is 11.3 Å². The van der Waals surface area contributed by atoms with Crippen LogP contribution >= 0.6 is 11.3 Å². The summed E-state index contributed by atoms with van der Waals surface area (Å²) in [5, 5.41) is 10.6. The van der Waals surface area contributed by atoms with Gasteiger partial charge in [-0.3, -0.25) is 4.79 Å². The third-order valence-electron chi connectivity index (χ3n) is 2.71. The number of benzene rings is 1. The summed E-state index contributed by atoms with van der Waals surface area (Å²) in [4.78, 5) is 27.4. The second-order valence-electron chi connectivity index (χ2n) is 4.22. The molecule has 0 aliphatic carbocycles. The van der Waals surface area contributed by atoms with E-state index >= 15 is 0 Å². The van der Waals surface area contributed by atoms with Crippen LogP contribution in [-0.4, -0.2) is 24.0 Å². The molecule has 21 heavy (non-hydrogen) atoms. The number of aryl methyl sites for hydroxylation is 1. The Bertz CT molecular complexity index is 637. The van der Waals surface area contributed by atoms with E-state index in [-0.39, 0.29) is 11.9 Å². The highest BCUT2D eigenvalue weighted by molar-refractivity contribution is 7.09. The molecule has 0 unspecified atom stereocenters. The molecule has 2 rings (SSSR count). The zero-order valence-electron chi connectivity index (χ0n) is 11.8. The van der Waals surface area contributed by atoms with Crippen molar-refractivity contribution in [2.45, 2.75) is 13.3 Å². The van der Waals surface area contributed by atoms with Crippen LogP contribution < -0.4 is 16.0 Å². The molecule has 0 radical (unpaired) electrons. The van der Waals surface area contributed by atoms with E-state index in [0.29, 0.717) is 17.1 Å². The number of amides is 3. The van der Waals surface area contributed by atoms with E-state index in [1.807, 2.05) is 6.92 Å². The smallest absolute Gasteiger partial charge is 0.318 e. The summed E-state index contributed by atoms with van der Waals surface area (Å²) < 4.78 is 0. The third kappa shape index (κ3) is 4.03. The molecule has 110 valence electrons. The van der Waals surface area contributed by atoms with Gasteiger partial charge in [0.05, 0.1) is 5.01 Å². The van der Waals surface area contributed by atoms with Crippen molar-refractivity contribution in [1.29, 1.82) is 0 Å². The Balaban J connectivity index is 1.99. The van der Waals surface area contributed by atoms with Crippen molar-refractivity contribution in [1.82, 2.24) is 10.3 Å². The molecule has 1 heterocycles. The minimum Gasteiger partial charge on any atom is -0.341 e. The lowest BCUT2D eigenvalue weighted by atomic mass is 10.2. The van der Waals surface area contributed by atoms with E-state index in [4.69, 9.17) is 0 Å². The molecule has 0 fully saturated rings. The number of rotatable bonds is 4. The van der Waals surface area contributed by atoms with Gasteiger partial charge in [-0.1, -0.05) is 6.92 Å². The Morgan fingerprint density at radius 1 is 1.14 bits per heavy atom. The lowest BCUT2D eigenvalue weighted by molar-refractivity contribution is 0.102. The van der Waals surface area contributed by atoms with Crippen LogP contribution in [0.2, 0.25) is 0 Å². The highest BCUT2D eigenvalue weighted by Gasteiger charge is 2.10. The van der Waals surface area contributed by atoms with Gasteiger partial charge < -0.3 is 16.0 Å². The molecule has 0 saturated heterocycles. The summed E-state index contributed by atoms with van der Waals surface area (Å²) in [6.07, 6.45) is 0.817. The maximum atomic E-state index is 12.0. The normalized spacial score (nSPS) is 10.0. The molecule has 0 aliphatic rings. The fraction of sp³-hybridized carbons (Fsp3) is 0.214. The van der Waals surface area contributed by atoms with Gasteiger partial charge in [0.15, 0.2) is 0 Å². The van der Waals surface area contributed by atoms with E-state index in [0.717, 1.165) is 11.4 Å². The number of carbonyl (C=O) groups excluding carboxylic acids is 2. The average molecular weight is 304 g/mol. The predicted molar refractivity (Wildman–Crippen MR) is 84.0 cm³/mol. The first kappa shape index (κ1) is 15.0. The van der Waals surface area contributed by atoms with Crippen molar-refractivity contribution >= 4 is 34.6 Å². The maximum Gasteiger partial charge on any atom is 0.318 e. The lowest BCUT2D eigenvalue weighted by Crippen LogP contribution is -2.24. The van der Waals surface area contributed by atoms with E-state index in [1.54, 1.807) is 36.7 Å². The quantitative estimate of drug-likeness (QED) is 0.812. The van der Waals surface area contributed by atoms with Crippen LogP contribution in [0, 0.1) is 0 Å². The number of aromatic nitrogens is 1. The fourth-order valence-corrected chi connectivity index (χ4v) is 2.33. The topological polar surface area (TPSA) is 83.1 Å². The van der Waals surface area contributed by atoms with Crippen molar-refractivity contribution < 1.29 is 9.59 Å². The van der Waals surface area contributed by atoms with E-state index < -0.39 is 0 Å². The number of thiazole rings is 1. The summed E-state index contributed by atoms with van der Waals surface area (Å²) in [6, 6.07) is 6.57. The van der Waals surface area contributed by atoms with Crippen molar-refractivity contribution in [2.75, 3.05) is 17.7 Å². The summed E-state index contributed by atoms with van der Waals surface area (Å²) >= 11 is 1.47. The third-order valence-corrected chi connectivity index (χ3v) is 3.71. The largest absolute Gasteiger partial charge is 0.341 e. The zero-order valence-corrected chi connectivity index (χ0v) is 12.6. The van der Waals surface area contributed by atoms with Crippen LogP contribution in [0.25, 0.3) is 0 Å². The number of hydrogen-bond donors (Lipinski definition) is 3. The first-order valence-corrected chi connectivity index (χ1v) is 7.35. The molecule has 1 aromatic carbocycles. The lowest BCUT2D eigenvalue weighted by Gasteiger charge is -2.06. The highest BCUT2D eigenvalue weighted by Crippen LogP contribution is 2.16. The molecule has 0 spiro atoms. The molecule has 1 aromatic heterocycles. The number of urea groups is 1. The van der Waals surface area contributed by atoms with Crippen molar-refractivity contribution in [3.63, 3.8) is 0 Å². The van der Waals surface area contributed by atoms with Gasteiger partial charge in [0.25, 0.3) is 5.91 Å². The number of anilines is 2. The van der Waals surface area contributed by atoms with Crippen LogP contribution in [0.5, 0.6) is 0 Å². The molecule has 0 aliphatic heterocycles. The van der Waals surface area contributed by atoms with E-state index in [2.05, 4.69) is 20.9 Å². The summed E-state index contributed by atoms with van der Waals surface area (Å²) in [5.41, 5.74) is 1.71. The molecule has 0 saturated carbocycles. The number of hydrogen-bond acceptors (Lipinski definition) is 4. The van der Waals surface area contributed by atoms with E-state index in [1.165, 1.54) is 11.3 Å². The summed E-state index contributed by atoms with van der Waals surface area (Å²) in [7, 11) is 1.54. The van der Waals surface area contributed by atoms with Gasteiger partial charge >= 0.3 is 6.03 Å². The second-order valence-corrected chi connectivity index (χ2v) is 5.16. The van der Waals surface area contributed by atoms with Crippen LogP contribution in [-0.2, 0) is 6.42 Å². The molecule has 2 aromatic rings. The number of carbonyl (C=O) groups is 2. The molecule has 6 nitrogen and oxygen atoms in total. The van der Waals surface area contributed by atoms with Crippen molar-refractivity contribution in [3.8, 4) is 0 Å². The molecule has 3 amide bonds. The molecule has 7 heteroatoms. The fourth-order valence-electron chi connectivity index (χ4n) is 1.60. The predicted octanol–water partition coefficient (Wildman–Crippen LogP) is 2.71. The molecular weight excluding hydrogens is 288 g/mol. The molecular formula is C14H16N4O2S. The van der Waals surface area contributed by atoms with Crippen LogP contribution in [0.3, 0.4) is 0 Å². The van der Waals surface area contributed by atoms with Gasteiger partial charge in [0.1, 0.15) is 5.69 Å². The molecule has 0 bridgehead atoms. The van der Waals surface area contributed by atoms with Gasteiger partial charge in [-0.05, 0) is 30.7 Å². The Hall–Kier alpha value is -2.41. The van der Waals surface area contributed by atoms with Crippen LogP contribution in [0.4, 0.5) is 16.2 Å². The standard InChI is InChI=1S/C14H16N4O2S/c1-3-12-18-11(8-21-12)13(19)16-9-4-6-10(7-5-9)17-14(20)15-2/h4-8H,3H2,1-2H3,(H,16,19)(H2,15,17,20). The first-order chi connectivity index (χ1) is 10.1. The van der Waals surface area contributed by atoms with E-state index in [9.17, 15) is 9.59 Å². The average Bonchev–Trinajstić information content (AvgIpc) is 2.98. The second kappa shape index (κ2) is 6.85. The maximum absolute atomic E-state index is 12.0. The minimum absolute atomic E-state index is 0.238. The zero-order chi connectivity index (χ0) is 15.2. The Labute approximate surface area is 126 Å². The van der Waals surface area contributed by atoms with Gasteiger partial charge in [-0.25, -0.2) is 9.78 Å². The monoisotopic (exact) mass is 304 g/mol. The Morgan fingerprint density at radius 3 is 2.29 bits per heavy atom. The molecule has 0 atom stereocenters. The minimum atomic E-state index is -0.290. The van der Waals surface area contributed by atoms with Gasteiger partial charge in [0, 0.05) is 23.8 Å².